The molecule has 2 heterocycles. The van der Waals surface area contributed by atoms with E-state index in [-0.39, 0.29) is 5.91 Å². The Morgan fingerprint density at radius 2 is 1.86 bits per heavy atom. The molecule has 1 aliphatic rings. The average molecular weight is 408 g/mol. The number of hydrogen-bond donors (Lipinski definition) is 0. The lowest BCUT2D eigenvalue weighted by Gasteiger charge is -2.22. The Labute approximate surface area is 177 Å². The Hall–Kier alpha value is -2.59. The highest BCUT2D eigenvalue weighted by atomic mass is 35.5. The van der Waals surface area contributed by atoms with Crippen molar-refractivity contribution in [2.75, 3.05) is 11.4 Å². The van der Waals surface area contributed by atoms with Gasteiger partial charge in [-0.1, -0.05) is 36.2 Å². The van der Waals surface area contributed by atoms with Crippen molar-refractivity contribution in [3.8, 4) is 11.4 Å². The number of halogens is 1. The van der Waals surface area contributed by atoms with Crippen LogP contribution in [0.25, 0.3) is 11.4 Å². The lowest BCUT2D eigenvalue weighted by atomic mass is 10.1. The molecule has 0 bridgehead atoms. The van der Waals surface area contributed by atoms with Crippen molar-refractivity contribution in [1.29, 1.82) is 0 Å². The van der Waals surface area contributed by atoms with Crippen LogP contribution in [-0.2, 0) is 13.0 Å². The summed E-state index contributed by atoms with van der Waals surface area (Å²) in [5.74, 6) is 0.843. The lowest BCUT2D eigenvalue weighted by Crippen LogP contribution is -2.32. The van der Waals surface area contributed by atoms with Crippen molar-refractivity contribution >= 4 is 23.2 Å². The zero-order valence-corrected chi connectivity index (χ0v) is 17.7. The first-order valence-corrected chi connectivity index (χ1v) is 10.7. The maximum absolute atomic E-state index is 13.6. The number of anilines is 1. The van der Waals surface area contributed by atoms with Crippen LogP contribution in [0.3, 0.4) is 0 Å². The highest BCUT2D eigenvalue weighted by Gasteiger charge is 2.28. The standard InChI is InChI=1S/C24H26ClN3O/c1-3-27(20-10-7-6-9-17(20)2)24(29)22-21-11-5-4-8-16-28(21)23(26-22)18-12-14-19(25)15-13-18/h6-7,9-10,12-15H,3-5,8,11,16H2,1-2H3. The molecule has 0 N–H and O–H groups in total. The van der Waals surface area contributed by atoms with Crippen LogP contribution < -0.4 is 4.90 Å². The van der Waals surface area contributed by atoms with E-state index in [1.54, 1.807) is 0 Å². The van der Waals surface area contributed by atoms with Crippen molar-refractivity contribution in [3.63, 3.8) is 0 Å². The van der Waals surface area contributed by atoms with E-state index in [1.165, 1.54) is 6.42 Å². The van der Waals surface area contributed by atoms with Crippen LogP contribution in [0.5, 0.6) is 0 Å². The maximum Gasteiger partial charge on any atom is 0.278 e. The van der Waals surface area contributed by atoms with Gasteiger partial charge in [-0.05, 0) is 69.0 Å². The second kappa shape index (κ2) is 8.42. The van der Waals surface area contributed by atoms with Crippen molar-refractivity contribution in [1.82, 2.24) is 9.55 Å². The van der Waals surface area contributed by atoms with E-state index in [0.717, 1.165) is 54.1 Å². The number of rotatable bonds is 4. The second-order valence-electron chi connectivity index (χ2n) is 7.54. The van der Waals surface area contributed by atoms with Crippen molar-refractivity contribution in [2.24, 2.45) is 0 Å². The number of aromatic nitrogens is 2. The molecule has 4 nitrogen and oxygen atoms in total. The van der Waals surface area contributed by atoms with Crippen LogP contribution in [0.4, 0.5) is 5.69 Å². The number of fused-ring (bicyclic) bond motifs is 1. The summed E-state index contributed by atoms with van der Waals surface area (Å²) in [6, 6.07) is 15.7. The first-order valence-electron chi connectivity index (χ1n) is 10.3. The number of aryl methyl sites for hydroxylation is 1. The summed E-state index contributed by atoms with van der Waals surface area (Å²) in [6.45, 7) is 5.55. The summed E-state index contributed by atoms with van der Waals surface area (Å²) in [4.78, 5) is 20.4. The molecular weight excluding hydrogens is 382 g/mol. The van der Waals surface area contributed by atoms with E-state index in [0.29, 0.717) is 17.3 Å². The van der Waals surface area contributed by atoms with Gasteiger partial charge in [-0.3, -0.25) is 4.79 Å². The molecule has 0 saturated carbocycles. The highest BCUT2D eigenvalue weighted by Crippen LogP contribution is 2.30. The molecule has 0 unspecified atom stereocenters. The molecule has 1 aliphatic heterocycles. The number of carbonyl (C=O) groups is 1. The monoisotopic (exact) mass is 407 g/mol. The summed E-state index contributed by atoms with van der Waals surface area (Å²) < 4.78 is 2.25. The van der Waals surface area contributed by atoms with Gasteiger partial charge in [-0.15, -0.1) is 0 Å². The van der Waals surface area contributed by atoms with Gasteiger partial charge in [0.05, 0.1) is 5.69 Å². The minimum atomic E-state index is -0.0207. The molecule has 0 fully saturated rings. The van der Waals surface area contributed by atoms with E-state index in [9.17, 15) is 4.79 Å². The third-order valence-electron chi connectivity index (χ3n) is 5.64. The molecule has 1 amide bonds. The second-order valence-corrected chi connectivity index (χ2v) is 7.97. The number of hydrogen-bond acceptors (Lipinski definition) is 2. The van der Waals surface area contributed by atoms with Crippen molar-refractivity contribution < 1.29 is 4.79 Å². The van der Waals surface area contributed by atoms with Gasteiger partial charge in [0, 0.05) is 29.4 Å². The van der Waals surface area contributed by atoms with Gasteiger partial charge in [0.25, 0.3) is 5.91 Å². The van der Waals surface area contributed by atoms with E-state index < -0.39 is 0 Å². The van der Waals surface area contributed by atoms with E-state index in [1.807, 2.05) is 67.3 Å². The molecule has 4 rings (SSSR count). The van der Waals surface area contributed by atoms with Crippen LogP contribution in [0.1, 0.15) is 47.9 Å². The van der Waals surface area contributed by atoms with Gasteiger partial charge in [0.1, 0.15) is 5.82 Å². The fourth-order valence-corrected chi connectivity index (χ4v) is 4.25. The molecule has 0 spiro atoms. The Morgan fingerprint density at radius 1 is 1.10 bits per heavy atom. The number of para-hydroxylation sites is 1. The van der Waals surface area contributed by atoms with Gasteiger partial charge in [-0.2, -0.15) is 0 Å². The quantitative estimate of drug-likeness (QED) is 0.539. The Morgan fingerprint density at radius 3 is 2.59 bits per heavy atom. The molecule has 3 aromatic rings. The van der Waals surface area contributed by atoms with Gasteiger partial charge in [0.15, 0.2) is 5.69 Å². The minimum Gasteiger partial charge on any atom is -0.327 e. The lowest BCUT2D eigenvalue weighted by molar-refractivity contribution is 0.0982. The predicted octanol–water partition coefficient (Wildman–Crippen LogP) is 5.91. The molecule has 5 heteroatoms. The van der Waals surface area contributed by atoms with Gasteiger partial charge in [0.2, 0.25) is 0 Å². The molecule has 150 valence electrons. The zero-order valence-electron chi connectivity index (χ0n) is 17.0. The molecule has 0 aliphatic carbocycles. The van der Waals surface area contributed by atoms with Gasteiger partial charge < -0.3 is 9.47 Å². The Kier molecular flexibility index (Phi) is 5.72. The number of imidazole rings is 1. The van der Waals surface area contributed by atoms with Crippen LogP contribution in [0.15, 0.2) is 48.5 Å². The molecular formula is C24H26ClN3O. The minimum absolute atomic E-state index is 0.0207. The third-order valence-corrected chi connectivity index (χ3v) is 5.89. The summed E-state index contributed by atoms with van der Waals surface area (Å²) in [5, 5.41) is 0.699. The van der Waals surface area contributed by atoms with Crippen LogP contribution in [0, 0.1) is 6.92 Å². The molecule has 0 atom stereocenters. The summed E-state index contributed by atoms with van der Waals surface area (Å²) in [6.07, 6.45) is 4.24. The molecule has 29 heavy (non-hydrogen) atoms. The number of carbonyl (C=O) groups excluding carboxylic acids is 1. The first-order chi connectivity index (χ1) is 14.1. The normalized spacial score (nSPS) is 13.6. The topological polar surface area (TPSA) is 38.1 Å². The maximum atomic E-state index is 13.6. The smallest absolute Gasteiger partial charge is 0.278 e. The Balaban J connectivity index is 1.81. The van der Waals surface area contributed by atoms with Gasteiger partial charge >= 0.3 is 0 Å². The van der Waals surface area contributed by atoms with E-state index >= 15 is 0 Å². The van der Waals surface area contributed by atoms with Gasteiger partial charge in [-0.25, -0.2) is 4.98 Å². The SMILES string of the molecule is CCN(C(=O)c1nc(-c2ccc(Cl)cc2)n2c1CCCCC2)c1ccccc1C. The van der Waals surface area contributed by atoms with Crippen LogP contribution in [0.2, 0.25) is 5.02 Å². The molecule has 0 saturated heterocycles. The summed E-state index contributed by atoms with van der Waals surface area (Å²) in [5.41, 5.74) is 4.68. The fourth-order valence-electron chi connectivity index (χ4n) is 4.13. The van der Waals surface area contributed by atoms with Crippen LogP contribution >= 0.6 is 11.6 Å². The highest BCUT2D eigenvalue weighted by molar-refractivity contribution is 6.30. The zero-order chi connectivity index (χ0) is 20.4. The predicted molar refractivity (Wildman–Crippen MR) is 119 cm³/mol. The van der Waals surface area contributed by atoms with Crippen LogP contribution in [-0.4, -0.2) is 22.0 Å². The third kappa shape index (κ3) is 3.82. The van der Waals surface area contributed by atoms with Crippen molar-refractivity contribution in [3.05, 3.63) is 70.5 Å². The largest absolute Gasteiger partial charge is 0.327 e. The number of amides is 1. The Bertz CT molecular complexity index is 1020. The van der Waals surface area contributed by atoms with E-state index in [4.69, 9.17) is 16.6 Å². The van der Waals surface area contributed by atoms with Crippen molar-refractivity contribution in [2.45, 2.75) is 46.1 Å². The first kappa shape index (κ1) is 19.7. The number of benzene rings is 2. The molecule has 2 aromatic carbocycles. The fraction of sp³-hybridized carbons (Fsp3) is 0.333. The molecule has 1 aromatic heterocycles. The average Bonchev–Trinajstić information content (AvgIpc) is 2.91. The summed E-state index contributed by atoms with van der Waals surface area (Å²) >= 11 is 6.08. The molecule has 0 radical (unpaired) electrons. The number of nitrogens with zero attached hydrogens (tertiary/aromatic N) is 3. The van der Waals surface area contributed by atoms with E-state index in [2.05, 4.69) is 4.57 Å². The summed E-state index contributed by atoms with van der Waals surface area (Å²) in [7, 11) is 0.